The number of hydrogen-bond acceptors (Lipinski definition) is 4. The van der Waals surface area contributed by atoms with Gasteiger partial charge in [0.15, 0.2) is 0 Å². The van der Waals surface area contributed by atoms with Gasteiger partial charge in [-0.15, -0.1) is 0 Å². The van der Waals surface area contributed by atoms with E-state index in [4.69, 9.17) is 16.1 Å². The molecule has 0 spiro atoms. The van der Waals surface area contributed by atoms with Gasteiger partial charge in [-0.3, -0.25) is 4.79 Å². The number of hydrogen-bond donors (Lipinski definition) is 0. The molecule has 0 saturated carbocycles. The van der Waals surface area contributed by atoms with E-state index in [-0.39, 0.29) is 17.2 Å². The average Bonchev–Trinajstić information content (AvgIpc) is 3.31. The molecular formula is C23H23ClFN3O2. The second-order valence-electron chi connectivity index (χ2n) is 8.69. The van der Waals surface area contributed by atoms with Gasteiger partial charge in [0.1, 0.15) is 5.82 Å². The number of benzene rings is 2. The third-order valence-corrected chi connectivity index (χ3v) is 5.74. The van der Waals surface area contributed by atoms with Crippen LogP contribution < -0.4 is 0 Å². The van der Waals surface area contributed by atoms with Gasteiger partial charge in [-0.1, -0.05) is 67.9 Å². The molecule has 1 amide bonds. The third-order valence-electron chi connectivity index (χ3n) is 5.39. The average molecular weight is 428 g/mol. The first-order valence-corrected chi connectivity index (χ1v) is 10.2. The largest absolute Gasteiger partial charge is 0.339 e. The van der Waals surface area contributed by atoms with E-state index in [2.05, 4.69) is 43.0 Å². The van der Waals surface area contributed by atoms with Crippen LogP contribution >= 0.6 is 11.6 Å². The highest BCUT2D eigenvalue weighted by atomic mass is 35.5. The molecule has 1 unspecified atom stereocenters. The molecule has 156 valence electrons. The fourth-order valence-electron chi connectivity index (χ4n) is 3.58. The highest BCUT2D eigenvalue weighted by molar-refractivity contribution is 6.31. The molecule has 4 rings (SSSR count). The molecule has 0 bridgehead atoms. The fraction of sp³-hybridized carbons (Fsp3) is 0.348. The topological polar surface area (TPSA) is 59.2 Å². The summed E-state index contributed by atoms with van der Waals surface area (Å²) in [5.74, 6) is 0.369. The fourth-order valence-corrected chi connectivity index (χ4v) is 3.81. The summed E-state index contributed by atoms with van der Waals surface area (Å²) in [7, 11) is 0. The van der Waals surface area contributed by atoms with Crippen LogP contribution in [0.15, 0.2) is 47.0 Å². The monoisotopic (exact) mass is 427 g/mol. The minimum absolute atomic E-state index is 0.0188. The number of aromatic nitrogens is 2. The molecule has 0 radical (unpaired) electrons. The first kappa shape index (κ1) is 20.5. The molecule has 5 nitrogen and oxygen atoms in total. The van der Waals surface area contributed by atoms with Gasteiger partial charge in [0.05, 0.1) is 5.92 Å². The van der Waals surface area contributed by atoms with Crippen molar-refractivity contribution in [2.45, 2.75) is 45.1 Å². The Labute approximate surface area is 179 Å². The van der Waals surface area contributed by atoms with E-state index in [1.54, 1.807) is 11.0 Å². The Bertz CT molecular complexity index is 1070. The Kier molecular flexibility index (Phi) is 5.36. The van der Waals surface area contributed by atoms with E-state index >= 15 is 0 Å². The molecule has 3 aromatic rings. The van der Waals surface area contributed by atoms with Crippen molar-refractivity contribution in [1.29, 1.82) is 0 Å². The molecule has 7 heteroatoms. The third kappa shape index (κ3) is 4.24. The predicted molar refractivity (Wildman–Crippen MR) is 113 cm³/mol. The summed E-state index contributed by atoms with van der Waals surface area (Å²) in [6.07, 6.45) is 0.295. The number of rotatable bonds is 4. The number of carbonyl (C=O) groups is 1. The SMILES string of the molecule is CC(C)(C)c1ccc(-c2noc(C3CC(=O)N(Cc4ccc(F)cc4Cl)C3)n2)cc1. The van der Waals surface area contributed by atoms with Crippen molar-refractivity contribution >= 4 is 17.5 Å². The number of halogens is 2. The van der Waals surface area contributed by atoms with Crippen molar-refractivity contribution < 1.29 is 13.7 Å². The van der Waals surface area contributed by atoms with Crippen LogP contribution in [0.25, 0.3) is 11.4 Å². The van der Waals surface area contributed by atoms with Crippen LogP contribution in [0.1, 0.15) is 50.1 Å². The van der Waals surface area contributed by atoms with Crippen molar-refractivity contribution in [3.05, 3.63) is 70.3 Å². The van der Waals surface area contributed by atoms with E-state index in [0.29, 0.717) is 41.8 Å². The summed E-state index contributed by atoms with van der Waals surface area (Å²) >= 11 is 6.10. The normalized spacial score (nSPS) is 17.0. The molecule has 2 aromatic carbocycles. The standard InChI is InChI=1S/C23H23ClFN3O2/c1-23(2,3)17-7-4-14(5-8-17)21-26-22(30-27-21)16-10-20(29)28(13-16)12-15-6-9-18(25)11-19(15)24/h4-9,11,16H,10,12-13H2,1-3H3. The molecule has 1 saturated heterocycles. The molecule has 0 N–H and O–H groups in total. The maximum absolute atomic E-state index is 13.3. The molecule has 1 fully saturated rings. The Hall–Kier alpha value is -2.73. The van der Waals surface area contributed by atoms with Gasteiger partial charge < -0.3 is 9.42 Å². The van der Waals surface area contributed by atoms with Gasteiger partial charge >= 0.3 is 0 Å². The summed E-state index contributed by atoms with van der Waals surface area (Å²) in [4.78, 5) is 18.7. The number of nitrogens with zero attached hydrogens (tertiary/aromatic N) is 3. The minimum atomic E-state index is -0.400. The van der Waals surface area contributed by atoms with Crippen LogP contribution in [0, 0.1) is 5.82 Å². The van der Waals surface area contributed by atoms with Crippen LogP contribution in [0.2, 0.25) is 5.02 Å². The summed E-state index contributed by atoms with van der Waals surface area (Å²) in [5.41, 5.74) is 2.88. The lowest BCUT2D eigenvalue weighted by Gasteiger charge is -2.18. The van der Waals surface area contributed by atoms with Gasteiger partial charge in [0, 0.05) is 30.1 Å². The Balaban J connectivity index is 1.47. The number of carbonyl (C=O) groups excluding carboxylic acids is 1. The molecule has 1 aliphatic rings. The summed E-state index contributed by atoms with van der Waals surface area (Å²) < 4.78 is 18.7. The van der Waals surface area contributed by atoms with Crippen molar-refractivity contribution in [2.75, 3.05) is 6.54 Å². The zero-order chi connectivity index (χ0) is 21.5. The summed E-state index contributed by atoms with van der Waals surface area (Å²) in [6.45, 7) is 7.27. The van der Waals surface area contributed by atoms with Gasteiger partial charge in [0.25, 0.3) is 0 Å². The smallest absolute Gasteiger partial charge is 0.232 e. The summed E-state index contributed by atoms with van der Waals surface area (Å²) in [5, 5.41) is 4.41. The second kappa shape index (κ2) is 7.84. The summed E-state index contributed by atoms with van der Waals surface area (Å²) in [6, 6.07) is 12.3. The van der Waals surface area contributed by atoms with Gasteiger partial charge in [-0.05, 0) is 28.7 Å². The van der Waals surface area contributed by atoms with Crippen LogP contribution in [0.3, 0.4) is 0 Å². The van der Waals surface area contributed by atoms with Crippen molar-refractivity contribution in [3.63, 3.8) is 0 Å². The minimum Gasteiger partial charge on any atom is -0.339 e. The van der Waals surface area contributed by atoms with Crippen LogP contribution in [-0.2, 0) is 16.8 Å². The van der Waals surface area contributed by atoms with Crippen molar-refractivity contribution in [2.24, 2.45) is 0 Å². The van der Waals surface area contributed by atoms with E-state index in [9.17, 15) is 9.18 Å². The predicted octanol–water partition coefficient (Wildman–Crippen LogP) is 5.34. The Morgan fingerprint density at radius 1 is 1.20 bits per heavy atom. The number of amides is 1. The van der Waals surface area contributed by atoms with E-state index in [1.165, 1.54) is 17.7 Å². The highest BCUT2D eigenvalue weighted by Crippen LogP contribution is 2.31. The maximum Gasteiger partial charge on any atom is 0.232 e. The first-order valence-electron chi connectivity index (χ1n) is 9.87. The van der Waals surface area contributed by atoms with Crippen LogP contribution in [-0.4, -0.2) is 27.5 Å². The molecular weight excluding hydrogens is 405 g/mol. The Morgan fingerprint density at radius 2 is 1.93 bits per heavy atom. The lowest BCUT2D eigenvalue weighted by atomic mass is 9.87. The van der Waals surface area contributed by atoms with E-state index in [0.717, 1.165) is 5.56 Å². The zero-order valence-corrected chi connectivity index (χ0v) is 17.9. The zero-order valence-electron chi connectivity index (χ0n) is 17.2. The maximum atomic E-state index is 13.3. The quantitative estimate of drug-likeness (QED) is 0.563. The highest BCUT2D eigenvalue weighted by Gasteiger charge is 2.34. The van der Waals surface area contributed by atoms with Crippen molar-refractivity contribution in [3.8, 4) is 11.4 Å². The van der Waals surface area contributed by atoms with Gasteiger partial charge in [0.2, 0.25) is 17.6 Å². The Morgan fingerprint density at radius 3 is 2.60 bits per heavy atom. The second-order valence-corrected chi connectivity index (χ2v) is 9.10. The molecule has 1 aliphatic heterocycles. The lowest BCUT2D eigenvalue weighted by molar-refractivity contribution is -0.128. The van der Waals surface area contributed by atoms with Crippen molar-refractivity contribution in [1.82, 2.24) is 15.0 Å². The molecule has 2 heterocycles. The van der Waals surface area contributed by atoms with Crippen LogP contribution in [0.5, 0.6) is 0 Å². The van der Waals surface area contributed by atoms with E-state index in [1.807, 2.05) is 12.1 Å². The molecule has 0 aliphatic carbocycles. The lowest BCUT2D eigenvalue weighted by Crippen LogP contribution is -2.24. The van der Waals surface area contributed by atoms with Crippen LogP contribution in [0.4, 0.5) is 4.39 Å². The first-order chi connectivity index (χ1) is 14.2. The molecule has 1 atom stereocenters. The van der Waals surface area contributed by atoms with Gasteiger partial charge in [-0.2, -0.15) is 4.98 Å². The molecule has 30 heavy (non-hydrogen) atoms. The number of likely N-dealkylation sites (tertiary alicyclic amines) is 1. The molecule has 1 aromatic heterocycles. The van der Waals surface area contributed by atoms with Gasteiger partial charge in [-0.25, -0.2) is 4.39 Å². The van der Waals surface area contributed by atoms with E-state index < -0.39 is 5.82 Å².